The lowest BCUT2D eigenvalue weighted by atomic mass is 10.1. The first-order valence-electron chi connectivity index (χ1n) is 6.17. The predicted molar refractivity (Wildman–Crippen MR) is 74.3 cm³/mol. The lowest BCUT2D eigenvalue weighted by molar-refractivity contribution is 0.569. The van der Waals surface area contributed by atoms with Crippen LogP contribution in [0.3, 0.4) is 0 Å². The van der Waals surface area contributed by atoms with E-state index in [1.54, 1.807) is 12.1 Å². The highest BCUT2D eigenvalue weighted by Crippen LogP contribution is 2.15. The summed E-state index contributed by atoms with van der Waals surface area (Å²) >= 11 is 0. The summed E-state index contributed by atoms with van der Waals surface area (Å²) in [5.74, 6) is 0.828. The Labute approximate surface area is 117 Å². The van der Waals surface area contributed by atoms with Crippen molar-refractivity contribution in [3.63, 3.8) is 0 Å². The summed E-state index contributed by atoms with van der Waals surface area (Å²) in [6.07, 6.45) is 2.23. The zero-order chi connectivity index (χ0) is 14.6. The molecule has 20 heavy (non-hydrogen) atoms. The smallest absolute Gasteiger partial charge is 0.238 e. The Morgan fingerprint density at radius 1 is 1.35 bits per heavy atom. The van der Waals surface area contributed by atoms with Crippen molar-refractivity contribution < 1.29 is 8.42 Å². The fourth-order valence-corrected chi connectivity index (χ4v) is 2.34. The fourth-order valence-electron chi connectivity index (χ4n) is 1.82. The second-order valence-corrected chi connectivity index (χ2v) is 6.03. The van der Waals surface area contributed by atoms with Gasteiger partial charge < -0.3 is 5.32 Å². The lowest BCUT2D eigenvalue weighted by Crippen LogP contribution is -2.22. The Balaban J connectivity index is 1.90. The van der Waals surface area contributed by atoms with Crippen LogP contribution in [-0.2, 0) is 16.4 Å². The summed E-state index contributed by atoms with van der Waals surface area (Å²) in [4.78, 5) is 4.16. The van der Waals surface area contributed by atoms with Crippen LogP contribution in [0, 0.1) is 0 Å². The van der Waals surface area contributed by atoms with Crippen LogP contribution in [0.4, 0.5) is 0 Å². The number of sulfonamides is 1. The molecule has 1 unspecified atom stereocenters. The van der Waals surface area contributed by atoms with E-state index in [0.717, 1.165) is 24.4 Å². The van der Waals surface area contributed by atoms with Gasteiger partial charge in [0.25, 0.3) is 0 Å². The zero-order valence-corrected chi connectivity index (χ0v) is 11.9. The van der Waals surface area contributed by atoms with Gasteiger partial charge in [0.1, 0.15) is 12.2 Å². The van der Waals surface area contributed by atoms with E-state index in [4.69, 9.17) is 5.14 Å². The number of primary sulfonamides is 1. The van der Waals surface area contributed by atoms with Gasteiger partial charge in [-0.25, -0.2) is 18.5 Å². The van der Waals surface area contributed by atoms with Crippen LogP contribution in [0.2, 0.25) is 0 Å². The highest BCUT2D eigenvalue weighted by Gasteiger charge is 2.09. The predicted octanol–water partition coefficient (Wildman–Crippen LogP) is 0.345. The number of nitrogens with zero attached hydrogens (tertiary/aromatic N) is 2. The summed E-state index contributed by atoms with van der Waals surface area (Å²) in [6.45, 7) is 2.75. The average molecular weight is 295 g/mol. The molecule has 2 aromatic rings. The van der Waals surface area contributed by atoms with E-state index in [-0.39, 0.29) is 10.9 Å². The van der Waals surface area contributed by atoms with Gasteiger partial charge >= 0.3 is 0 Å². The van der Waals surface area contributed by atoms with Crippen LogP contribution in [0.1, 0.15) is 24.4 Å². The van der Waals surface area contributed by atoms with Crippen molar-refractivity contribution in [3.05, 3.63) is 42.0 Å². The number of rotatable bonds is 6. The molecule has 7 nitrogen and oxygen atoms in total. The van der Waals surface area contributed by atoms with E-state index in [1.807, 2.05) is 6.92 Å². The summed E-state index contributed by atoms with van der Waals surface area (Å²) in [5.41, 5.74) is 0.995. The van der Waals surface area contributed by atoms with E-state index in [9.17, 15) is 8.42 Å². The third-order valence-corrected chi connectivity index (χ3v) is 3.92. The van der Waals surface area contributed by atoms with Gasteiger partial charge in [0.05, 0.1) is 4.90 Å². The van der Waals surface area contributed by atoms with Crippen LogP contribution in [0.15, 0.2) is 35.5 Å². The number of hydrogen-bond acceptors (Lipinski definition) is 5. The maximum absolute atomic E-state index is 11.2. The lowest BCUT2D eigenvalue weighted by Gasteiger charge is -2.14. The topological polar surface area (TPSA) is 114 Å². The third-order valence-electron chi connectivity index (χ3n) is 2.99. The SMILES string of the molecule is CC(NCCc1ncn[nH]1)c1ccc(S(N)(=O)=O)cc1. The number of H-pyrrole nitrogens is 1. The van der Waals surface area contributed by atoms with E-state index in [1.165, 1.54) is 18.5 Å². The molecular weight excluding hydrogens is 278 g/mol. The molecule has 0 aliphatic carbocycles. The Morgan fingerprint density at radius 3 is 2.60 bits per heavy atom. The Hall–Kier alpha value is -1.77. The van der Waals surface area contributed by atoms with Crippen LogP contribution < -0.4 is 10.5 Å². The molecule has 1 atom stereocenters. The van der Waals surface area contributed by atoms with Crippen LogP contribution >= 0.6 is 0 Å². The molecule has 0 aliphatic heterocycles. The van der Waals surface area contributed by atoms with E-state index in [0.29, 0.717) is 0 Å². The first-order valence-corrected chi connectivity index (χ1v) is 7.72. The van der Waals surface area contributed by atoms with E-state index >= 15 is 0 Å². The molecule has 0 saturated carbocycles. The quantitative estimate of drug-likeness (QED) is 0.711. The highest BCUT2D eigenvalue weighted by molar-refractivity contribution is 7.89. The van der Waals surface area contributed by atoms with E-state index < -0.39 is 10.0 Å². The second kappa shape index (κ2) is 6.12. The minimum atomic E-state index is -3.63. The number of benzene rings is 1. The molecule has 0 spiro atoms. The van der Waals surface area contributed by atoms with Gasteiger partial charge in [-0.1, -0.05) is 12.1 Å². The number of hydrogen-bond donors (Lipinski definition) is 3. The molecule has 0 saturated heterocycles. The number of nitrogens with two attached hydrogens (primary N) is 1. The van der Waals surface area contributed by atoms with Crippen molar-refractivity contribution in [1.29, 1.82) is 0 Å². The van der Waals surface area contributed by atoms with Crippen LogP contribution in [0.5, 0.6) is 0 Å². The zero-order valence-electron chi connectivity index (χ0n) is 11.1. The van der Waals surface area contributed by atoms with Gasteiger partial charge in [-0.2, -0.15) is 5.10 Å². The minimum Gasteiger partial charge on any atom is -0.310 e. The maximum Gasteiger partial charge on any atom is 0.238 e. The van der Waals surface area contributed by atoms with Crippen LogP contribution in [-0.4, -0.2) is 30.1 Å². The van der Waals surface area contributed by atoms with Crippen LogP contribution in [0.25, 0.3) is 0 Å². The second-order valence-electron chi connectivity index (χ2n) is 4.47. The van der Waals surface area contributed by atoms with Gasteiger partial charge in [0.2, 0.25) is 10.0 Å². The monoisotopic (exact) mass is 295 g/mol. The molecule has 8 heteroatoms. The largest absolute Gasteiger partial charge is 0.310 e. The van der Waals surface area contributed by atoms with Gasteiger partial charge in [-0.05, 0) is 24.6 Å². The Kier molecular flexibility index (Phi) is 4.48. The van der Waals surface area contributed by atoms with Gasteiger partial charge in [-0.3, -0.25) is 5.10 Å². The fraction of sp³-hybridized carbons (Fsp3) is 0.333. The molecule has 0 radical (unpaired) electrons. The van der Waals surface area contributed by atoms with Crippen molar-refractivity contribution in [2.45, 2.75) is 24.3 Å². The van der Waals surface area contributed by atoms with Gasteiger partial charge in [0, 0.05) is 19.0 Å². The summed E-state index contributed by atoms with van der Waals surface area (Å²) in [6, 6.07) is 6.64. The van der Waals surface area contributed by atoms with Crippen molar-refractivity contribution in [2.24, 2.45) is 5.14 Å². The number of nitrogens with one attached hydrogen (secondary N) is 2. The standard InChI is InChI=1S/C12H17N5O2S/c1-9(14-7-6-12-15-8-16-17-12)10-2-4-11(5-3-10)20(13,18)19/h2-5,8-9,14H,6-7H2,1H3,(H2,13,18,19)(H,15,16,17). The highest BCUT2D eigenvalue weighted by atomic mass is 32.2. The molecule has 1 heterocycles. The molecule has 0 bridgehead atoms. The molecule has 108 valence electrons. The summed E-state index contributed by atoms with van der Waals surface area (Å²) in [5, 5.41) is 15.0. The molecule has 0 amide bonds. The first kappa shape index (κ1) is 14.6. The molecular formula is C12H17N5O2S. The van der Waals surface area contributed by atoms with Crippen molar-refractivity contribution in [1.82, 2.24) is 20.5 Å². The summed E-state index contributed by atoms with van der Waals surface area (Å²) < 4.78 is 22.3. The first-order chi connectivity index (χ1) is 9.47. The normalized spacial score (nSPS) is 13.3. The number of aromatic nitrogens is 3. The molecule has 2 rings (SSSR count). The molecule has 1 aromatic heterocycles. The average Bonchev–Trinajstić information content (AvgIpc) is 2.91. The minimum absolute atomic E-state index is 0.104. The Bertz CT molecular complexity index is 637. The molecule has 4 N–H and O–H groups in total. The van der Waals surface area contributed by atoms with Crippen molar-refractivity contribution in [2.75, 3.05) is 6.54 Å². The molecule has 0 aliphatic rings. The van der Waals surface area contributed by atoms with Gasteiger partial charge in [-0.15, -0.1) is 0 Å². The summed E-state index contributed by atoms with van der Waals surface area (Å²) in [7, 11) is -3.63. The van der Waals surface area contributed by atoms with E-state index in [2.05, 4.69) is 20.5 Å². The Morgan fingerprint density at radius 2 is 2.05 bits per heavy atom. The van der Waals surface area contributed by atoms with Crippen molar-refractivity contribution >= 4 is 10.0 Å². The molecule has 1 aromatic carbocycles. The maximum atomic E-state index is 11.2. The number of aromatic amines is 1. The third kappa shape index (κ3) is 3.86. The molecule has 0 fully saturated rings. The van der Waals surface area contributed by atoms with Crippen molar-refractivity contribution in [3.8, 4) is 0 Å². The van der Waals surface area contributed by atoms with Gasteiger partial charge in [0.15, 0.2) is 0 Å².